The number of aromatic amines is 1. The molecule has 2 aromatic rings. The lowest BCUT2D eigenvalue weighted by atomic mass is 9.79. The third-order valence-electron chi connectivity index (χ3n) is 5.10. The first-order valence-corrected chi connectivity index (χ1v) is 8.75. The molecule has 3 N–H and O–H groups in total. The van der Waals surface area contributed by atoms with Gasteiger partial charge >= 0.3 is 0 Å². The summed E-state index contributed by atoms with van der Waals surface area (Å²) in [5.74, 6) is 0.0219. The molecule has 130 valence electrons. The van der Waals surface area contributed by atoms with Gasteiger partial charge in [-0.3, -0.25) is 4.79 Å². The Morgan fingerprint density at radius 2 is 1.75 bits per heavy atom. The minimum absolute atomic E-state index is 0.0219. The average molecular weight is 327 g/mol. The molecule has 0 aliphatic carbocycles. The third-order valence-corrected chi connectivity index (χ3v) is 5.10. The van der Waals surface area contributed by atoms with Crippen LogP contribution in [0.5, 0.6) is 0 Å². The van der Waals surface area contributed by atoms with Crippen LogP contribution in [-0.4, -0.2) is 28.0 Å². The number of benzene rings is 1. The fraction of sp³-hybridized carbons (Fsp3) is 0.550. The molecule has 1 saturated heterocycles. The summed E-state index contributed by atoms with van der Waals surface area (Å²) in [6, 6.07) is 6.10. The Balaban J connectivity index is 1.81. The molecule has 2 heterocycles. The fourth-order valence-electron chi connectivity index (χ4n) is 4.30. The summed E-state index contributed by atoms with van der Waals surface area (Å²) in [4.78, 5) is 16.1. The summed E-state index contributed by atoms with van der Waals surface area (Å²) in [6.45, 7) is 13.0. The highest BCUT2D eigenvalue weighted by atomic mass is 16.1. The van der Waals surface area contributed by atoms with Crippen LogP contribution in [0, 0.1) is 13.8 Å². The van der Waals surface area contributed by atoms with E-state index in [9.17, 15) is 4.79 Å². The molecule has 0 bridgehead atoms. The van der Waals surface area contributed by atoms with Crippen molar-refractivity contribution in [1.82, 2.24) is 15.6 Å². The Morgan fingerprint density at radius 3 is 2.38 bits per heavy atom. The zero-order valence-electron chi connectivity index (χ0n) is 15.6. The Bertz CT molecular complexity index is 770. The zero-order chi connectivity index (χ0) is 17.7. The van der Waals surface area contributed by atoms with Crippen LogP contribution in [0.3, 0.4) is 0 Å². The van der Waals surface area contributed by atoms with Gasteiger partial charge in [0, 0.05) is 39.3 Å². The second kappa shape index (κ2) is 5.62. The summed E-state index contributed by atoms with van der Waals surface area (Å²) in [7, 11) is 0. The maximum absolute atomic E-state index is 12.8. The SMILES string of the molecule is Cc1[nH]c2ccc(C(=O)NC3CC(C)(C)NC(C)(C)C3)cc2c1C. The van der Waals surface area contributed by atoms with E-state index in [2.05, 4.69) is 57.2 Å². The standard InChI is InChI=1S/C20H29N3O/c1-12-13(2)21-17-8-7-14(9-16(12)17)18(24)22-15-10-19(3,4)23-20(5,6)11-15/h7-9,15,21,23H,10-11H2,1-6H3,(H,22,24). The van der Waals surface area contributed by atoms with E-state index in [0.717, 1.165) is 35.0 Å². The zero-order valence-corrected chi connectivity index (χ0v) is 15.6. The van der Waals surface area contributed by atoms with Gasteiger partial charge in [0.05, 0.1) is 0 Å². The number of aryl methyl sites for hydroxylation is 2. The number of carbonyl (C=O) groups is 1. The van der Waals surface area contributed by atoms with Gasteiger partial charge in [-0.15, -0.1) is 0 Å². The van der Waals surface area contributed by atoms with Gasteiger partial charge in [-0.25, -0.2) is 0 Å². The average Bonchev–Trinajstić information content (AvgIpc) is 2.70. The number of H-pyrrole nitrogens is 1. The minimum atomic E-state index is 0.0219. The lowest BCUT2D eigenvalue weighted by molar-refractivity contribution is 0.0873. The molecular weight excluding hydrogens is 298 g/mol. The molecule has 1 fully saturated rings. The van der Waals surface area contributed by atoms with Crippen molar-refractivity contribution in [2.24, 2.45) is 0 Å². The number of nitrogens with one attached hydrogen (secondary N) is 3. The molecule has 1 aromatic heterocycles. The van der Waals surface area contributed by atoms with E-state index in [1.54, 1.807) is 0 Å². The number of carbonyl (C=O) groups excluding carboxylic acids is 1. The molecule has 1 aliphatic heterocycles. The molecule has 4 heteroatoms. The van der Waals surface area contributed by atoms with Crippen LogP contribution in [0.1, 0.15) is 62.2 Å². The summed E-state index contributed by atoms with van der Waals surface area (Å²) < 4.78 is 0. The van der Waals surface area contributed by atoms with Crippen molar-refractivity contribution >= 4 is 16.8 Å². The molecule has 24 heavy (non-hydrogen) atoms. The normalized spacial score (nSPS) is 20.2. The smallest absolute Gasteiger partial charge is 0.251 e. The Labute approximate surface area is 144 Å². The van der Waals surface area contributed by atoms with Crippen LogP contribution in [0.4, 0.5) is 0 Å². The number of piperidine rings is 1. The van der Waals surface area contributed by atoms with Crippen LogP contribution < -0.4 is 10.6 Å². The van der Waals surface area contributed by atoms with Crippen molar-refractivity contribution in [3.63, 3.8) is 0 Å². The van der Waals surface area contributed by atoms with E-state index in [4.69, 9.17) is 0 Å². The summed E-state index contributed by atoms with van der Waals surface area (Å²) in [5.41, 5.74) is 4.24. The van der Waals surface area contributed by atoms with Gasteiger partial charge in [-0.2, -0.15) is 0 Å². The van der Waals surface area contributed by atoms with E-state index in [0.29, 0.717) is 0 Å². The summed E-state index contributed by atoms with van der Waals surface area (Å²) in [5, 5.41) is 8.03. The number of rotatable bonds is 2. The number of aromatic nitrogens is 1. The first-order chi connectivity index (χ1) is 11.1. The van der Waals surface area contributed by atoms with E-state index in [1.807, 2.05) is 18.2 Å². The molecule has 1 amide bonds. The Hall–Kier alpha value is -1.81. The number of hydrogen-bond donors (Lipinski definition) is 3. The van der Waals surface area contributed by atoms with Crippen LogP contribution >= 0.6 is 0 Å². The Kier molecular flexibility index (Phi) is 3.99. The van der Waals surface area contributed by atoms with Crippen molar-refractivity contribution in [1.29, 1.82) is 0 Å². The highest BCUT2D eigenvalue weighted by molar-refractivity contribution is 5.99. The van der Waals surface area contributed by atoms with Crippen LogP contribution in [0.25, 0.3) is 10.9 Å². The van der Waals surface area contributed by atoms with Crippen molar-refractivity contribution in [3.05, 3.63) is 35.0 Å². The first-order valence-electron chi connectivity index (χ1n) is 8.75. The van der Waals surface area contributed by atoms with E-state index in [-0.39, 0.29) is 23.0 Å². The molecule has 0 atom stereocenters. The van der Waals surface area contributed by atoms with Gasteiger partial charge in [0.2, 0.25) is 0 Å². The fourth-order valence-corrected chi connectivity index (χ4v) is 4.30. The first kappa shape index (κ1) is 17.0. The van der Waals surface area contributed by atoms with Crippen molar-refractivity contribution in [2.75, 3.05) is 0 Å². The molecule has 0 spiro atoms. The van der Waals surface area contributed by atoms with Crippen molar-refractivity contribution in [3.8, 4) is 0 Å². The van der Waals surface area contributed by atoms with Crippen LogP contribution in [-0.2, 0) is 0 Å². The van der Waals surface area contributed by atoms with Crippen LogP contribution in [0.15, 0.2) is 18.2 Å². The van der Waals surface area contributed by atoms with Gasteiger partial charge in [-0.05, 0) is 78.1 Å². The number of hydrogen-bond acceptors (Lipinski definition) is 2. The topological polar surface area (TPSA) is 56.9 Å². The summed E-state index contributed by atoms with van der Waals surface area (Å²) in [6.07, 6.45) is 1.87. The Morgan fingerprint density at radius 1 is 1.12 bits per heavy atom. The highest BCUT2D eigenvalue weighted by Crippen LogP contribution is 2.29. The minimum Gasteiger partial charge on any atom is -0.358 e. The second-order valence-corrected chi connectivity index (χ2v) is 8.61. The largest absolute Gasteiger partial charge is 0.358 e. The lowest BCUT2D eigenvalue weighted by Gasteiger charge is -2.46. The molecule has 1 aliphatic rings. The maximum atomic E-state index is 12.8. The molecule has 0 saturated carbocycles. The van der Waals surface area contributed by atoms with Gasteiger partial charge in [-0.1, -0.05) is 0 Å². The predicted molar refractivity (Wildman–Crippen MR) is 99.6 cm³/mol. The van der Waals surface area contributed by atoms with Gasteiger partial charge < -0.3 is 15.6 Å². The monoisotopic (exact) mass is 327 g/mol. The summed E-state index contributed by atoms with van der Waals surface area (Å²) >= 11 is 0. The van der Waals surface area contributed by atoms with Gasteiger partial charge in [0.15, 0.2) is 0 Å². The predicted octanol–water partition coefficient (Wildman–Crippen LogP) is 3.82. The quantitative estimate of drug-likeness (QED) is 0.785. The van der Waals surface area contributed by atoms with E-state index in [1.165, 1.54) is 5.56 Å². The van der Waals surface area contributed by atoms with E-state index < -0.39 is 0 Å². The molecule has 4 nitrogen and oxygen atoms in total. The third kappa shape index (κ3) is 3.34. The van der Waals surface area contributed by atoms with Crippen molar-refractivity contribution in [2.45, 2.75) is 71.5 Å². The van der Waals surface area contributed by atoms with Crippen LogP contribution in [0.2, 0.25) is 0 Å². The molecule has 0 unspecified atom stereocenters. The molecule has 1 aromatic carbocycles. The lowest BCUT2D eigenvalue weighted by Crippen LogP contribution is -2.62. The maximum Gasteiger partial charge on any atom is 0.251 e. The molecule has 3 rings (SSSR count). The van der Waals surface area contributed by atoms with E-state index >= 15 is 0 Å². The molecule has 0 radical (unpaired) electrons. The van der Waals surface area contributed by atoms with Crippen molar-refractivity contribution < 1.29 is 4.79 Å². The second-order valence-electron chi connectivity index (χ2n) is 8.61. The molecular formula is C20H29N3O. The number of fused-ring (bicyclic) bond motifs is 1. The number of amides is 1. The van der Waals surface area contributed by atoms with Gasteiger partial charge in [0.25, 0.3) is 5.91 Å². The highest BCUT2D eigenvalue weighted by Gasteiger charge is 2.38. The van der Waals surface area contributed by atoms with Gasteiger partial charge in [0.1, 0.15) is 0 Å².